The summed E-state index contributed by atoms with van der Waals surface area (Å²) < 4.78 is 26.7. The number of sulfonamides is 1. The van der Waals surface area contributed by atoms with Gasteiger partial charge in [0.05, 0.1) is 16.8 Å². The van der Waals surface area contributed by atoms with Crippen LogP contribution >= 0.6 is 0 Å². The lowest BCUT2D eigenvalue weighted by molar-refractivity contribution is -0.387. The fourth-order valence-electron chi connectivity index (χ4n) is 1.65. The van der Waals surface area contributed by atoms with Gasteiger partial charge in [-0.1, -0.05) is 0 Å². The van der Waals surface area contributed by atoms with E-state index in [2.05, 4.69) is 14.9 Å². The molecule has 0 aliphatic rings. The van der Waals surface area contributed by atoms with E-state index in [-0.39, 0.29) is 10.6 Å². The molecule has 2 rings (SSSR count). The molecule has 0 fully saturated rings. The Kier molecular flexibility index (Phi) is 3.45. The van der Waals surface area contributed by atoms with Crippen LogP contribution in [0, 0.1) is 24.0 Å². The van der Waals surface area contributed by atoms with Gasteiger partial charge in [-0.25, -0.2) is 8.42 Å². The minimum absolute atomic E-state index is 0.206. The van der Waals surface area contributed by atoms with Gasteiger partial charge in [0.2, 0.25) is 0 Å². The molecule has 1 heterocycles. The molecule has 8 nitrogen and oxygen atoms in total. The Balaban J connectivity index is 2.56. The van der Waals surface area contributed by atoms with Crippen LogP contribution in [0.1, 0.15) is 11.1 Å². The molecule has 1 aromatic carbocycles. The molecule has 2 aromatic rings. The Morgan fingerprint density at radius 3 is 2.50 bits per heavy atom. The monoisotopic (exact) mass is 296 g/mol. The van der Waals surface area contributed by atoms with Gasteiger partial charge >= 0.3 is 0 Å². The largest absolute Gasteiger partial charge is 0.290 e. The van der Waals surface area contributed by atoms with Crippen LogP contribution in [0.3, 0.4) is 0 Å². The molecular weight excluding hydrogens is 284 g/mol. The second-order valence-electron chi connectivity index (χ2n) is 4.25. The summed E-state index contributed by atoms with van der Waals surface area (Å²) >= 11 is 0. The van der Waals surface area contributed by atoms with Crippen LogP contribution in [0.4, 0.5) is 11.4 Å². The Labute approximate surface area is 115 Å². The van der Waals surface area contributed by atoms with Gasteiger partial charge in [-0.2, -0.15) is 5.10 Å². The molecule has 0 unspecified atom stereocenters. The predicted molar refractivity (Wildman–Crippen MR) is 72.0 cm³/mol. The highest BCUT2D eigenvalue weighted by Gasteiger charge is 2.27. The second-order valence-corrected chi connectivity index (χ2v) is 5.90. The lowest BCUT2D eigenvalue weighted by atomic mass is 10.1. The number of rotatable bonds is 4. The topological polar surface area (TPSA) is 118 Å². The molecule has 0 saturated heterocycles. The number of aryl methyl sites for hydroxylation is 2. The zero-order valence-corrected chi connectivity index (χ0v) is 11.6. The Hall–Kier alpha value is -2.42. The van der Waals surface area contributed by atoms with Gasteiger partial charge in [-0.05, 0) is 31.0 Å². The van der Waals surface area contributed by atoms with E-state index in [4.69, 9.17) is 0 Å². The van der Waals surface area contributed by atoms with Crippen molar-refractivity contribution in [3.63, 3.8) is 0 Å². The third kappa shape index (κ3) is 2.62. The van der Waals surface area contributed by atoms with Crippen molar-refractivity contribution in [2.45, 2.75) is 18.7 Å². The van der Waals surface area contributed by atoms with Gasteiger partial charge in [-0.15, -0.1) is 0 Å². The molecule has 0 aliphatic carbocycles. The van der Waals surface area contributed by atoms with Crippen molar-refractivity contribution in [1.82, 2.24) is 10.2 Å². The molecular formula is C11H12N4O4S. The van der Waals surface area contributed by atoms with E-state index in [9.17, 15) is 18.5 Å². The van der Waals surface area contributed by atoms with Crippen molar-refractivity contribution < 1.29 is 13.3 Å². The number of nitrogens with zero attached hydrogens (tertiary/aromatic N) is 2. The molecule has 20 heavy (non-hydrogen) atoms. The normalized spacial score (nSPS) is 11.3. The van der Waals surface area contributed by atoms with Crippen molar-refractivity contribution in [3.8, 4) is 0 Å². The zero-order valence-electron chi connectivity index (χ0n) is 10.7. The summed E-state index contributed by atoms with van der Waals surface area (Å²) in [6.45, 7) is 3.37. The lowest BCUT2D eigenvalue weighted by Crippen LogP contribution is -2.15. The Bertz CT molecular complexity index is 753. The van der Waals surface area contributed by atoms with E-state index in [1.165, 1.54) is 24.5 Å². The number of hydrogen-bond donors (Lipinski definition) is 2. The molecule has 0 bridgehead atoms. The van der Waals surface area contributed by atoms with Crippen molar-refractivity contribution >= 4 is 21.4 Å². The first-order valence-electron chi connectivity index (χ1n) is 5.58. The van der Waals surface area contributed by atoms with Crippen LogP contribution in [0.25, 0.3) is 0 Å². The third-order valence-corrected chi connectivity index (χ3v) is 4.22. The molecule has 0 spiro atoms. The first-order valence-corrected chi connectivity index (χ1v) is 7.07. The van der Waals surface area contributed by atoms with Crippen LogP contribution < -0.4 is 4.72 Å². The number of H-pyrrole nitrogens is 1. The Morgan fingerprint density at radius 2 is 1.95 bits per heavy atom. The minimum Gasteiger partial charge on any atom is -0.284 e. The van der Waals surface area contributed by atoms with Crippen LogP contribution in [0.15, 0.2) is 29.4 Å². The summed E-state index contributed by atoms with van der Waals surface area (Å²) in [6.07, 6.45) is 2.61. The van der Waals surface area contributed by atoms with Gasteiger partial charge in [0.1, 0.15) is 0 Å². The van der Waals surface area contributed by atoms with Crippen molar-refractivity contribution in [2.24, 2.45) is 0 Å². The quantitative estimate of drug-likeness (QED) is 0.658. The van der Waals surface area contributed by atoms with Crippen LogP contribution in [-0.2, 0) is 10.0 Å². The smallest absolute Gasteiger partial charge is 0.284 e. The van der Waals surface area contributed by atoms with Crippen molar-refractivity contribution in [3.05, 3.63) is 45.8 Å². The maximum Gasteiger partial charge on any atom is 0.290 e. The molecule has 0 radical (unpaired) electrons. The van der Waals surface area contributed by atoms with E-state index >= 15 is 0 Å². The van der Waals surface area contributed by atoms with Crippen LogP contribution in [-0.4, -0.2) is 23.5 Å². The highest BCUT2D eigenvalue weighted by Crippen LogP contribution is 2.28. The summed E-state index contributed by atoms with van der Waals surface area (Å²) in [4.78, 5) is 9.95. The third-order valence-electron chi connectivity index (χ3n) is 2.81. The SMILES string of the molecule is Cc1cc([N+](=O)[O-])c(S(=O)(=O)Nc2cn[nH]c2)cc1C. The van der Waals surface area contributed by atoms with E-state index in [0.29, 0.717) is 11.1 Å². The number of anilines is 1. The summed E-state index contributed by atoms with van der Waals surface area (Å²) in [5.74, 6) is 0. The lowest BCUT2D eigenvalue weighted by Gasteiger charge is -2.09. The molecule has 0 amide bonds. The van der Waals surface area contributed by atoms with E-state index in [1.54, 1.807) is 13.8 Å². The number of aromatic nitrogens is 2. The van der Waals surface area contributed by atoms with E-state index in [1.807, 2.05) is 0 Å². The van der Waals surface area contributed by atoms with Gasteiger partial charge < -0.3 is 0 Å². The molecule has 0 atom stereocenters. The highest BCUT2D eigenvalue weighted by molar-refractivity contribution is 7.92. The van der Waals surface area contributed by atoms with Gasteiger partial charge in [0.15, 0.2) is 4.90 Å². The minimum atomic E-state index is -4.05. The average molecular weight is 296 g/mol. The van der Waals surface area contributed by atoms with Gasteiger partial charge in [-0.3, -0.25) is 19.9 Å². The summed E-state index contributed by atoms with van der Waals surface area (Å²) in [7, 11) is -4.05. The van der Waals surface area contributed by atoms with Crippen molar-refractivity contribution in [1.29, 1.82) is 0 Å². The molecule has 1 aromatic heterocycles. The van der Waals surface area contributed by atoms with Gasteiger partial charge in [0, 0.05) is 12.3 Å². The van der Waals surface area contributed by atoms with Crippen LogP contribution in [0.2, 0.25) is 0 Å². The summed E-state index contributed by atoms with van der Waals surface area (Å²) in [6, 6.07) is 2.54. The number of benzene rings is 1. The van der Waals surface area contributed by atoms with Gasteiger partial charge in [0.25, 0.3) is 15.7 Å². The second kappa shape index (κ2) is 4.93. The fourth-order valence-corrected chi connectivity index (χ4v) is 2.92. The maximum absolute atomic E-state index is 12.2. The molecule has 0 saturated carbocycles. The van der Waals surface area contributed by atoms with Crippen LogP contribution in [0.5, 0.6) is 0 Å². The number of hydrogen-bond acceptors (Lipinski definition) is 5. The molecule has 9 heteroatoms. The summed E-state index contributed by atoms with van der Waals surface area (Å²) in [5, 5.41) is 17.1. The summed E-state index contributed by atoms with van der Waals surface area (Å²) in [5.41, 5.74) is 1.06. The highest BCUT2D eigenvalue weighted by atomic mass is 32.2. The standard InChI is InChI=1S/C11H12N4O4S/c1-7-3-10(15(16)17)11(4-8(7)2)20(18,19)14-9-5-12-13-6-9/h3-6,14H,1-2H3,(H,12,13). The first kappa shape index (κ1) is 14.0. The van der Waals surface area contributed by atoms with E-state index < -0.39 is 20.6 Å². The number of aromatic amines is 1. The molecule has 106 valence electrons. The first-order chi connectivity index (χ1) is 9.31. The zero-order chi connectivity index (χ0) is 14.9. The van der Waals surface area contributed by atoms with E-state index in [0.717, 1.165) is 0 Å². The number of nitro benzene ring substituents is 1. The molecule has 0 aliphatic heterocycles. The average Bonchev–Trinajstić information content (AvgIpc) is 2.83. The van der Waals surface area contributed by atoms with Crippen molar-refractivity contribution in [2.75, 3.05) is 4.72 Å². The number of nitrogens with one attached hydrogen (secondary N) is 2. The Morgan fingerprint density at radius 1 is 1.30 bits per heavy atom. The predicted octanol–water partition coefficient (Wildman–Crippen LogP) is 1.74. The molecule has 2 N–H and O–H groups in total. The fraction of sp³-hybridized carbons (Fsp3) is 0.182. The number of nitro groups is 1. The maximum atomic E-state index is 12.2.